The molecule has 1 aromatic carbocycles. The average Bonchev–Trinajstić information content (AvgIpc) is 3.02. The van der Waals surface area contributed by atoms with E-state index >= 15 is 0 Å². The van der Waals surface area contributed by atoms with Gasteiger partial charge in [0.2, 0.25) is 5.91 Å². The third-order valence-electron chi connectivity index (χ3n) is 3.86. The largest absolute Gasteiger partial charge is 0.343 e. The molecule has 0 fully saturated rings. The van der Waals surface area contributed by atoms with Gasteiger partial charge in [0.25, 0.3) is 0 Å². The Morgan fingerprint density at radius 3 is 2.81 bits per heavy atom. The molecule has 27 heavy (non-hydrogen) atoms. The Labute approximate surface area is 165 Å². The summed E-state index contributed by atoms with van der Waals surface area (Å²) in [6.45, 7) is 2.22. The number of hydrogen-bond acceptors (Lipinski definition) is 5. The van der Waals surface area contributed by atoms with Crippen LogP contribution in [0, 0.1) is 0 Å². The van der Waals surface area contributed by atoms with Crippen LogP contribution in [0.3, 0.4) is 0 Å². The van der Waals surface area contributed by atoms with Crippen LogP contribution in [0.25, 0.3) is 0 Å². The van der Waals surface area contributed by atoms with Gasteiger partial charge in [0.15, 0.2) is 10.3 Å². The first kappa shape index (κ1) is 19.2. The molecule has 2 heterocycles. The molecule has 9 heteroatoms. The number of rotatable bonds is 7. The van der Waals surface area contributed by atoms with Gasteiger partial charge in [0.1, 0.15) is 0 Å². The fourth-order valence-electron chi connectivity index (χ4n) is 2.40. The van der Waals surface area contributed by atoms with Crippen LogP contribution in [0.5, 0.6) is 0 Å². The summed E-state index contributed by atoms with van der Waals surface area (Å²) < 4.78 is 1.54. The van der Waals surface area contributed by atoms with E-state index in [0.717, 1.165) is 5.56 Å². The summed E-state index contributed by atoms with van der Waals surface area (Å²) in [4.78, 5) is 28.4. The summed E-state index contributed by atoms with van der Waals surface area (Å²) in [7, 11) is 0. The van der Waals surface area contributed by atoms with Crippen LogP contribution < -0.4 is 11.0 Å². The quantitative estimate of drug-likeness (QED) is 0.467. The van der Waals surface area contributed by atoms with Crippen molar-refractivity contribution >= 4 is 35.0 Å². The van der Waals surface area contributed by atoms with Crippen LogP contribution in [0.1, 0.15) is 12.5 Å². The second-order valence-corrected chi connectivity index (χ2v) is 7.46. The Morgan fingerprint density at radius 1 is 1.30 bits per heavy atom. The van der Waals surface area contributed by atoms with Gasteiger partial charge in [-0.05, 0) is 31.0 Å². The molecule has 0 saturated heterocycles. The van der Waals surface area contributed by atoms with Crippen LogP contribution in [-0.2, 0) is 17.8 Å². The normalized spacial score (nSPS) is 11.9. The highest BCUT2D eigenvalue weighted by molar-refractivity contribution is 8.00. The zero-order valence-corrected chi connectivity index (χ0v) is 16.1. The summed E-state index contributed by atoms with van der Waals surface area (Å²) in [5.41, 5.74) is 1.27. The fourth-order valence-corrected chi connectivity index (χ4v) is 3.45. The first-order chi connectivity index (χ1) is 13.0. The fraction of sp³-hybridized carbons (Fsp3) is 0.222. The first-order valence-electron chi connectivity index (χ1n) is 8.32. The first-order valence-corrected chi connectivity index (χ1v) is 9.57. The second kappa shape index (κ2) is 8.88. The lowest BCUT2D eigenvalue weighted by atomic mass is 10.1. The molecule has 1 unspecified atom stereocenters. The topological polar surface area (TPSA) is 92.7 Å². The molecule has 7 nitrogen and oxygen atoms in total. The van der Waals surface area contributed by atoms with E-state index in [-0.39, 0.29) is 16.8 Å². The minimum atomic E-state index is -0.480. The zero-order valence-electron chi connectivity index (χ0n) is 14.6. The number of nitrogens with one attached hydrogen (secondary N) is 2. The number of nitrogens with zero attached hydrogens (tertiary/aromatic N) is 3. The lowest BCUT2D eigenvalue weighted by Crippen LogP contribution is -2.24. The van der Waals surface area contributed by atoms with E-state index in [0.29, 0.717) is 23.8 Å². The van der Waals surface area contributed by atoms with Crippen molar-refractivity contribution in [3.05, 3.63) is 69.9 Å². The number of anilines is 1. The highest BCUT2D eigenvalue weighted by Gasteiger charge is 2.20. The highest BCUT2D eigenvalue weighted by Crippen LogP contribution is 2.23. The van der Waals surface area contributed by atoms with Crippen LogP contribution >= 0.6 is 23.4 Å². The van der Waals surface area contributed by atoms with Gasteiger partial charge in [0.05, 0.1) is 10.9 Å². The predicted molar refractivity (Wildman–Crippen MR) is 106 cm³/mol. The molecule has 0 aliphatic rings. The van der Waals surface area contributed by atoms with E-state index in [4.69, 9.17) is 11.6 Å². The number of halogens is 1. The number of carbonyl (C=O) groups is 1. The Balaban J connectivity index is 1.65. The summed E-state index contributed by atoms with van der Waals surface area (Å²) in [5, 5.41) is 9.44. The number of amides is 1. The molecule has 1 atom stereocenters. The van der Waals surface area contributed by atoms with Crippen molar-refractivity contribution in [2.75, 3.05) is 5.32 Å². The van der Waals surface area contributed by atoms with Crippen molar-refractivity contribution in [1.82, 2.24) is 19.7 Å². The second-order valence-electron chi connectivity index (χ2n) is 5.79. The summed E-state index contributed by atoms with van der Waals surface area (Å²) in [6, 6.07) is 13.2. The van der Waals surface area contributed by atoms with Crippen molar-refractivity contribution in [1.29, 1.82) is 0 Å². The van der Waals surface area contributed by atoms with Crippen LogP contribution in [-0.4, -0.2) is 30.9 Å². The van der Waals surface area contributed by atoms with Gasteiger partial charge in [-0.15, -0.1) is 5.10 Å². The van der Waals surface area contributed by atoms with Crippen LogP contribution in [0.2, 0.25) is 5.15 Å². The molecule has 0 aliphatic carbocycles. The Morgan fingerprint density at radius 2 is 2.07 bits per heavy atom. The number of aromatic nitrogens is 4. The third kappa shape index (κ3) is 4.99. The van der Waals surface area contributed by atoms with Crippen LogP contribution in [0.4, 0.5) is 5.69 Å². The molecular weight excluding hydrogens is 386 g/mol. The van der Waals surface area contributed by atoms with E-state index in [1.54, 1.807) is 29.8 Å². The number of hydrogen-bond donors (Lipinski definition) is 2. The molecule has 0 aliphatic heterocycles. The molecular formula is C18H18ClN5O2S. The van der Waals surface area contributed by atoms with Gasteiger partial charge in [-0.2, -0.15) is 0 Å². The van der Waals surface area contributed by atoms with Gasteiger partial charge >= 0.3 is 5.69 Å². The lowest BCUT2D eigenvalue weighted by Gasteiger charge is -2.12. The minimum Gasteiger partial charge on any atom is -0.322 e. The predicted octanol–water partition coefficient (Wildman–Crippen LogP) is 2.98. The molecule has 0 bridgehead atoms. The molecule has 0 saturated carbocycles. The van der Waals surface area contributed by atoms with E-state index in [2.05, 4.69) is 20.5 Å². The van der Waals surface area contributed by atoms with E-state index in [1.165, 1.54) is 11.8 Å². The van der Waals surface area contributed by atoms with Crippen molar-refractivity contribution in [3.63, 3.8) is 0 Å². The molecule has 0 spiro atoms. The smallest absolute Gasteiger partial charge is 0.322 e. The molecule has 2 N–H and O–H groups in total. The molecule has 2 aromatic heterocycles. The Bertz CT molecular complexity index is 973. The summed E-state index contributed by atoms with van der Waals surface area (Å²) in [5.74, 6) is -0.250. The maximum atomic E-state index is 12.4. The number of benzene rings is 1. The zero-order chi connectivity index (χ0) is 19.2. The summed E-state index contributed by atoms with van der Waals surface area (Å²) >= 11 is 7.17. The molecule has 140 valence electrons. The lowest BCUT2D eigenvalue weighted by molar-refractivity contribution is -0.115. The van der Waals surface area contributed by atoms with E-state index < -0.39 is 5.25 Å². The Kier molecular flexibility index (Phi) is 6.31. The minimum absolute atomic E-state index is 0.225. The van der Waals surface area contributed by atoms with Gasteiger partial charge in [-0.3, -0.25) is 9.36 Å². The van der Waals surface area contributed by atoms with Crippen LogP contribution in [0.15, 0.2) is 58.6 Å². The number of aromatic amines is 1. The Hall–Kier alpha value is -2.58. The SMILES string of the molecule is CC(Sc1n[nH]c(=O)n1CCc1ccccc1)C(=O)Nc1cccnc1Cl. The number of pyridine rings is 1. The number of carbonyl (C=O) groups excluding carboxylic acids is 1. The van der Waals surface area contributed by atoms with Crippen molar-refractivity contribution < 1.29 is 4.79 Å². The number of thioether (sulfide) groups is 1. The molecule has 3 aromatic rings. The van der Waals surface area contributed by atoms with E-state index in [1.807, 2.05) is 30.3 Å². The molecule has 1 amide bonds. The maximum absolute atomic E-state index is 12.4. The summed E-state index contributed by atoms with van der Waals surface area (Å²) in [6.07, 6.45) is 2.24. The van der Waals surface area contributed by atoms with E-state index in [9.17, 15) is 9.59 Å². The number of H-pyrrole nitrogens is 1. The third-order valence-corrected chi connectivity index (χ3v) is 5.25. The van der Waals surface area contributed by atoms with Gasteiger partial charge in [-0.1, -0.05) is 53.7 Å². The highest BCUT2D eigenvalue weighted by atomic mass is 35.5. The van der Waals surface area contributed by atoms with Gasteiger partial charge in [0, 0.05) is 12.7 Å². The molecule has 0 radical (unpaired) electrons. The maximum Gasteiger partial charge on any atom is 0.343 e. The van der Waals surface area contributed by atoms with Crippen molar-refractivity contribution in [2.24, 2.45) is 0 Å². The standard InChI is InChI=1S/C18H18ClN5O2S/c1-12(16(25)21-14-8-5-10-20-15(14)19)27-18-23-22-17(26)24(18)11-9-13-6-3-2-4-7-13/h2-8,10,12H,9,11H2,1H3,(H,21,25)(H,22,26). The van der Waals surface area contributed by atoms with Crippen molar-refractivity contribution in [3.8, 4) is 0 Å². The van der Waals surface area contributed by atoms with Gasteiger partial charge < -0.3 is 5.32 Å². The van der Waals surface area contributed by atoms with Crippen molar-refractivity contribution in [2.45, 2.75) is 30.3 Å². The monoisotopic (exact) mass is 403 g/mol. The number of aryl methyl sites for hydroxylation is 1. The average molecular weight is 404 g/mol. The molecule has 3 rings (SSSR count). The van der Waals surface area contributed by atoms with Gasteiger partial charge in [-0.25, -0.2) is 14.9 Å².